The summed E-state index contributed by atoms with van der Waals surface area (Å²) >= 11 is 0. The van der Waals surface area contributed by atoms with Crippen LogP contribution >= 0.6 is 0 Å². The quantitative estimate of drug-likeness (QED) is 0.297. The molecule has 0 aliphatic carbocycles. The highest BCUT2D eigenvalue weighted by Gasteiger charge is 2.10. The fourth-order valence-electron chi connectivity index (χ4n) is 3.15. The van der Waals surface area contributed by atoms with Gasteiger partial charge in [-0.1, -0.05) is 97.1 Å². The van der Waals surface area contributed by atoms with E-state index in [0.29, 0.717) is 16.7 Å². The molecule has 0 bridgehead atoms. The molecule has 0 unspecified atom stereocenters. The topological polar surface area (TPSA) is 115 Å². The van der Waals surface area contributed by atoms with Crippen LogP contribution in [0.25, 0.3) is 5.57 Å². The molecule has 6 nitrogen and oxygen atoms in total. The number of hydrogen-bond donors (Lipinski definition) is 4. The van der Waals surface area contributed by atoms with E-state index in [4.69, 9.17) is 10.2 Å². The molecule has 0 saturated carbocycles. The number of carbonyl (C=O) groups is 2. The van der Waals surface area contributed by atoms with Crippen molar-refractivity contribution < 1.29 is 30.0 Å². The van der Waals surface area contributed by atoms with Gasteiger partial charge in [-0.05, 0) is 46.5 Å². The fraction of sp³-hybridized carbons (Fsp3) is 0.0667. The van der Waals surface area contributed by atoms with Crippen LogP contribution in [0.4, 0.5) is 0 Å². The van der Waals surface area contributed by atoms with Crippen molar-refractivity contribution in [3.63, 3.8) is 0 Å². The van der Waals surface area contributed by atoms with E-state index in [9.17, 15) is 19.8 Å². The Balaban J connectivity index is 0.000000212. The minimum atomic E-state index is -0.879. The maximum atomic E-state index is 10.2. The number of benzene rings is 4. The summed E-state index contributed by atoms with van der Waals surface area (Å²) in [5.41, 5.74) is 4.20. The lowest BCUT2D eigenvalue weighted by Gasteiger charge is -2.13. The average Bonchev–Trinajstić information content (AvgIpc) is 2.94. The van der Waals surface area contributed by atoms with E-state index in [0.717, 1.165) is 16.7 Å². The summed E-state index contributed by atoms with van der Waals surface area (Å²) in [7, 11) is 0. The molecule has 0 heterocycles. The number of rotatable bonds is 6. The van der Waals surface area contributed by atoms with Crippen LogP contribution in [0, 0.1) is 0 Å². The Labute approximate surface area is 210 Å². The van der Waals surface area contributed by atoms with Crippen molar-refractivity contribution in [3.8, 4) is 0 Å². The third-order valence-corrected chi connectivity index (χ3v) is 4.90. The number of aromatic carboxylic acids is 2. The van der Waals surface area contributed by atoms with Gasteiger partial charge in [0.2, 0.25) is 0 Å². The Bertz CT molecular complexity index is 1120. The number of aliphatic hydroxyl groups excluding tert-OH is 2. The predicted octanol–water partition coefficient (Wildman–Crippen LogP) is 5.24. The van der Waals surface area contributed by atoms with E-state index in [1.54, 1.807) is 60.7 Å². The van der Waals surface area contributed by atoms with Crippen molar-refractivity contribution in [1.82, 2.24) is 0 Å². The highest BCUT2D eigenvalue weighted by molar-refractivity contribution is 5.87. The first-order chi connectivity index (χ1) is 17.5. The Morgan fingerprint density at radius 3 is 0.889 bits per heavy atom. The minimum absolute atomic E-state index is 0.143. The molecule has 0 atom stereocenters. The Hall–Kier alpha value is -4.52. The second-order valence-corrected chi connectivity index (χ2v) is 7.37. The zero-order valence-electron chi connectivity index (χ0n) is 19.6. The summed E-state index contributed by atoms with van der Waals surface area (Å²) in [5.74, 6) is -1.76. The first-order valence-corrected chi connectivity index (χ1v) is 11.1. The standard InChI is InChI=1S/C16H16O2.2C7H6O2/c17-11-15(12-18)16(13-7-3-1-4-8-13)14-9-5-2-6-10-14;2*8-7(9)6-4-2-1-3-5-6/h1-10,17-18H,11-12H2;2*1-5H,(H,8,9). The Morgan fingerprint density at radius 1 is 0.444 bits per heavy atom. The van der Waals surface area contributed by atoms with Gasteiger partial charge in [-0.2, -0.15) is 0 Å². The Kier molecular flexibility index (Phi) is 11.9. The lowest BCUT2D eigenvalue weighted by atomic mass is 9.93. The number of aliphatic hydroxyl groups is 2. The van der Waals surface area contributed by atoms with E-state index in [-0.39, 0.29) is 13.2 Å². The van der Waals surface area contributed by atoms with Crippen LogP contribution in [0.15, 0.2) is 127 Å². The SMILES string of the molecule is O=C(O)c1ccccc1.O=C(O)c1ccccc1.OCC(CO)=C(c1ccccc1)c1ccccc1. The van der Waals surface area contributed by atoms with Gasteiger partial charge in [-0.25, -0.2) is 9.59 Å². The lowest BCUT2D eigenvalue weighted by molar-refractivity contribution is 0.0686. The molecular formula is C30H28O6. The molecule has 0 aromatic heterocycles. The maximum absolute atomic E-state index is 10.2. The van der Waals surface area contributed by atoms with Gasteiger partial charge in [0.05, 0.1) is 24.3 Å². The smallest absolute Gasteiger partial charge is 0.335 e. The molecule has 4 aromatic carbocycles. The van der Waals surface area contributed by atoms with Gasteiger partial charge in [0, 0.05) is 0 Å². The van der Waals surface area contributed by atoms with E-state index in [1.807, 2.05) is 60.7 Å². The molecule has 4 rings (SSSR count). The molecule has 0 aliphatic rings. The summed E-state index contributed by atoms with van der Waals surface area (Å²) in [5, 5.41) is 35.6. The third-order valence-electron chi connectivity index (χ3n) is 4.90. The second-order valence-electron chi connectivity index (χ2n) is 7.37. The molecule has 4 aromatic rings. The van der Waals surface area contributed by atoms with Crippen LogP contribution in [0.3, 0.4) is 0 Å². The number of carboxylic acid groups (broad SMARTS) is 2. The van der Waals surface area contributed by atoms with Gasteiger partial charge in [0.15, 0.2) is 0 Å². The molecule has 4 N–H and O–H groups in total. The Morgan fingerprint density at radius 2 is 0.694 bits per heavy atom. The molecule has 184 valence electrons. The normalized spacial score (nSPS) is 9.50. The molecule has 0 saturated heterocycles. The van der Waals surface area contributed by atoms with Gasteiger partial charge in [-0.15, -0.1) is 0 Å². The minimum Gasteiger partial charge on any atom is -0.478 e. The van der Waals surface area contributed by atoms with Crippen molar-refractivity contribution in [1.29, 1.82) is 0 Å². The lowest BCUT2D eigenvalue weighted by Crippen LogP contribution is -2.02. The highest BCUT2D eigenvalue weighted by atomic mass is 16.4. The highest BCUT2D eigenvalue weighted by Crippen LogP contribution is 2.26. The van der Waals surface area contributed by atoms with Crippen LogP contribution < -0.4 is 0 Å². The summed E-state index contributed by atoms with van der Waals surface area (Å²) < 4.78 is 0. The zero-order valence-corrected chi connectivity index (χ0v) is 19.6. The molecule has 0 amide bonds. The van der Waals surface area contributed by atoms with Crippen LogP contribution in [0.5, 0.6) is 0 Å². The molecule has 6 heteroatoms. The van der Waals surface area contributed by atoms with E-state index in [2.05, 4.69) is 0 Å². The van der Waals surface area contributed by atoms with Gasteiger partial charge >= 0.3 is 11.9 Å². The fourth-order valence-corrected chi connectivity index (χ4v) is 3.15. The number of hydrogen-bond acceptors (Lipinski definition) is 4. The average molecular weight is 485 g/mol. The van der Waals surface area contributed by atoms with Crippen molar-refractivity contribution >= 4 is 17.5 Å². The largest absolute Gasteiger partial charge is 0.478 e. The van der Waals surface area contributed by atoms with Crippen molar-refractivity contribution in [2.75, 3.05) is 13.2 Å². The van der Waals surface area contributed by atoms with E-state index >= 15 is 0 Å². The van der Waals surface area contributed by atoms with Crippen LogP contribution in [0.2, 0.25) is 0 Å². The second kappa shape index (κ2) is 15.4. The first-order valence-electron chi connectivity index (χ1n) is 11.1. The third kappa shape index (κ3) is 9.02. The molecule has 0 radical (unpaired) electrons. The van der Waals surface area contributed by atoms with Crippen LogP contribution in [-0.2, 0) is 0 Å². The van der Waals surface area contributed by atoms with Gasteiger partial charge in [-0.3, -0.25) is 0 Å². The summed E-state index contributed by atoms with van der Waals surface area (Å²) in [6.45, 7) is -0.286. The van der Waals surface area contributed by atoms with E-state index < -0.39 is 11.9 Å². The maximum Gasteiger partial charge on any atom is 0.335 e. The molecule has 0 aliphatic heterocycles. The number of carboxylic acids is 2. The summed E-state index contributed by atoms with van der Waals surface area (Å²) in [6, 6.07) is 36.2. The van der Waals surface area contributed by atoms with Crippen molar-refractivity contribution in [2.45, 2.75) is 0 Å². The monoisotopic (exact) mass is 484 g/mol. The molecular weight excluding hydrogens is 456 g/mol. The molecule has 0 spiro atoms. The summed E-state index contributed by atoms with van der Waals surface area (Å²) in [4.78, 5) is 20.4. The predicted molar refractivity (Wildman–Crippen MR) is 140 cm³/mol. The zero-order chi connectivity index (χ0) is 26.2. The van der Waals surface area contributed by atoms with Crippen LogP contribution in [0.1, 0.15) is 31.8 Å². The van der Waals surface area contributed by atoms with Gasteiger partial charge in [0.25, 0.3) is 0 Å². The van der Waals surface area contributed by atoms with Gasteiger partial charge < -0.3 is 20.4 Å². The van der Waals surface area contributed by atoms with Gasteiger partial charge in [0.1, 0.15) is 0 Å². The first kappa shape index (κ1) is 27.7. The summed E-state index contributed by atoms with van der Waals surface area (Å²) in [6.07, 6.45) is 0. The molecule has 0 fully saturated rings. The van der Waals surface area contributed by atoms with Crippen LogP contribution in [-0.4, -0.2) is 45.6 Å². The van der Waals surface area contributed by atoms with Crippen molar-refractivity contribution in [3.05, 3.63) is 149 Å². The van der Waals surface area contributed by atoms with Crippen molar-refractivity contribution in [2.24, 2.45) is 0 Å². The van der Waals surface area contributed by atoms with E-state index in [1.165, 1.54) is 0 Å². The molecule has 36 heavy (non-hydrogen) atoms.